The van der Waals surface area contributed by atoms with E-state index in [-0.39, 0.29) is 0 Å². The summed E-state index contributed by atoms with van der Waals surface area (Å²) in [5.41, 5.74) is -0.419. The molecule has 1 rings (SSSR count). The number of thioether (sulfide) groups is 1. The van der Waals surface area contributed by atoms with Gasteiger partial charge in [0.05, 0.1) is 6.07 Å². The number of rotatable bonds is 7. The SMILES string of the molecule is CC(C)NC(C)(C#N)CCCSc1ncc[nH]1. The van der Waals surface area contributed by atoms with Gasteiger partial charge in [0.2, 0.25) is 0 Å². The molecule has 0 bridgehead atoms. The standard InChI is InChI=1S/C12H20N4S/c1-10(2)16-12(3,9-13)5-4-8-17-11-14-6-7-15-11/h6-7,10,16H,4-5,8H2,1-3H3,(H,14,15). The van der Waals surface area contributed by atoms with Crippen LogP contribution >= 0.6 is 11.8 Å². The van der Waals surface area contributed by atoms with Crippen molar-refractivity contribution in [2.45, 2.75) is 50.4 Å². The van der Waals surface area contributed by atoms with Gasteiger partial charge in [0, 0.05) is 24.2 Å². The second-order valence-corrected chi connectivity index (χ2v) is 5.67. The first-order valence-electron chi connectivity index (χ1n) is 5.87. The van der Waals surface area contributed by atoms with Crippen molar-refractivity contribution in [2.24, 2.45) is 0 Å². The predicted molar refractivity (Wildman–Crippen MR) is 70.8 cm³/mol. The van der Waals surface area contributed by atoms with Crippen LogP contribution in [0, 0.1) is 11.3 Å². The summed E-state index contributed by atoms with van der Waals surface area (Å²) in [6.45, 7) is 6.09. The molecule has 0 aliphatic heterocycles. The van der Waals surface area contributed by atoms with E-state index < -0.39 is 5.54 Å². The Hall–Kier alpha value is -0.990. The van der Waals surface area contributed by atoms with Gasteiger partial charge in [-0.05, 0) is 33.6 Å². The van der Waals surface area contributed by atoms with Crippen LogP contribution in [0.2, 0.25) is 0 Å². The molecule has 2 N–H and O–H groups in total. The fourth-order valence-corrected chi connectivity index (χ4v) is 2.49. The van der Waals surface area contributed by atoms with Crippen LogP contribution < -0.4 is 5.32 Å². The maximum absolute atomic E-state index is 9.18. The van der Waals surface area contributed by atoms with Crippen LogP contribution in [0.5, 0.6) is 0 Å². The molecule has 0 aliphatic rings. The lowest BCUT2D eigenvalue weighted by Crippen LogP contribution is -2.44. The normalized spacial score (nSPS) is 14.5. The third kappa shape index (κ3) is 5.24. The molecular weight excluding hydrogens is 232 g/mol. The number of aromatic nitrogens is 2. The fraction of sp³-hybridized carbons (Fsp3) is 0.667. The molecule has 0 aliphatic carbocycles. The monoisotopic (exact) mass is 252 g/mol. The van der Waals surface area contributed by atoms with Gasteiger partial charge in [0.15, 0.2) is 5.16 Å². The predicted octanol–water partition coefficient (Wildman–Crippen LogP) is 2.56. The Bertz CT molecular complexity index is 355. The van der Waals surface area contributed by atoms with Crippen LogP contribution in [-0.2, 0) is 0 Å². The van der Waals surface area contributed by atoms with Crippen molar-refractivity contribution in [3.05, 3.63) is 12.4 Å². The Morgan fingerprint density at radius 2 is 2.41 bits per heavy atom. The summed E-state index contributed by atoms with van der Waals surface area (Å²) >= 11 is 1.69. The van der Waals surface area contributed by atoms with Crippen molar-refractivity contribution in [3.63, 3.8) is 0 Å². The first-order chi connectivity index (χ1) is 8.06. The van der Waals surface area contributed by atoms with Gasteiger partial charge in [-0.1, -0.05) is 11.8 Å². The molecule has 0 fully saturated rings. The first kappa shape index (κ1) is 14.1. The molecule has 1 unspecified atom stereocenters. The third-order valence-electron chi connectivity index (χ3n) is 2.39. The van der Waals surface area contributed by atoms with E-state index in [1.807, 2.05) is 13.1 Å². The smallest absolute Gasteiger partial charge is 0.165 e. The molecule has 1 heterocycles. The average molecular weight is 252 g/mol. The molecule has 0 radical (unpaired) electrons. The lowest BCUT2D eigenvalue weighted by atomic mass is 9.97. The van der Waals surface area contributed by atoms with Crippen LogP contribution in [0.15, 0.2) is 17.6 Å². The van der Waals surface area contributed by atoms with Crippen molar-refractivity contribution in [1.29, 1.82) is 5.26 Å². The van der Waals surface area contributed by atoms with Gasteiger partial charge in [-0.25, -0.2) is 4.98 Å². The molecule has 1 aromatic heterocycles. The summed E-state index contributed by atoms with van der Waals surface area (Å²) in [6, 6.07) is 2.69. The molecular formula is C12H20N4S. The molecule has 0 aromatic carbocycles. The molecule has 0 saturated heterocycles. The second-order valence-electron chi connectivity index (χ2n) is 4.59. The van der Waals surface area contributed by atoms with Crippen LogP contribution in [0.25, 0.3) is 0 Å². The summed E-state index contributed by atoms with van der Waals surface area (Å²) in [5.74, 6) is 0.977. The van der Waals surface area contributed by atoms with Crippen LogP contribution in [0.1, 0.15) is 33.6 Å². The molecule has 5 heteroatoms. The minimum Gasteiger partial charge on any atom is -0.340 e. The molecule has 0 spiro atoms. The number of hydrogen-bond donors (Lipinski definition) is 2. The van der Waals surface area contributed by atoms with E-state index in [9.17, 15) is 5.26 Å². The number of imidazole rings is 1. The summed E-state index contributed by atoms with van der Waals surface area (Å²) in [7, 11) is 0. The molecule has 17 heavy (non-hydrogen) atoms. The Morgan fingerprint density at radius 1 is 1.65 bits per heavy atom. The van der Waals surface area contributed by atoms with Gasteiger partial charge >= 0.3 is 0 Å². The summed E-state index contributed by atoms with van der Waals surface area (Å²) in [6.07, 6.45) is 5.43. The maximum atomic E-state index is 9.18. The third-order valence-corrected chi connectivity index (χ3v) is 3.38. The van der Waals surface area contributed by atoms with Crippen molar-refractivity contribution < 1.29 is 0 Å². The van der Waals surface area contributed by atoms with E-state index in [0.29, 0.717) is 6.04 Å². The molecule has 0 saturated carbocycles. The number of hydrogen-bond acceptors (Lipinski definition) is 4. The minimum atomic E-state index is -0.419. The Balaban J connectivity index is 2.26. The molecule has 94 valence electrons. The first-order valence-corrected chi connectivity index (χ1v) is 6.85. The number of aromatic amines is 1. The zero-order chi connectivity index (χ0) is 12.7. The van der Waals surface area contributed by atoms with Crippen molar-refractivity contribution in [3.8, 4) is 6.07 Å². The van der Waals surface area contributed by atoms with E-state index in [1.54, 1.807) is 18.0 Å². The fourth-order valence-electron chi connectivity index (χ4n) is 1.72. The quantitative estimate of drug-likeness (QED) is 0.578. The van der Waals surface area contributed by atoms with E-state index in [4.69, 9.17) is 0 Å². The van der Waals surface area contributed by atoms with E-state index in [2.05, 4.69) is 35.2 Å². The van der Waals surface area contributed by atoms with Gasteiger partial charge in [0.25, 0.3) is 0 Å². The zero-order valence-corrected chi connectivity index (χ0v) is 11.5. The van der Waals surface area contributed by atoms with Gasteiger partial charge in [-0.15, -0.1) is 0 Å². The Morgan fingerprint density at radius 3 is 2.94 bits per heavy atom. The Labute approximate surface area is 107 Å². The number of H-pyrrole nitrogens is 1. The number of nitriles is 1. The van der Waals surface area contributed by atoms with Gasteiger partial charge in [-0.3, -0.25) is 5.32 Å². The lowest BCUT2D eigenvalue weighted by molar-refractivity contribution is 0.380. The average Bonchev–Trinajstić information content (AvgIpc) is 2.76. The lowest BCUT2D eigenvalue weighted by Gasteiger charge is -2.25. The zero-order valence-electron chi connectivity index (χ0n) is 10.7. The summed E-state index contributed by atoms with van der Waals surface area (Å²) < 4.78 is 0. The minimum absolute atomic E-state index is 0.331. The van der Waals surface area contributed by atoms with Gasteiger partial charge in [-0.2, -0.15) is 5.26 Å². The highest BCUT2D eigenvalue weighted by molar-refractivity contribution is 7.99. The van der Waals surface area contributed by atoms with Crippen molar-refractivity contribution in [2.75, 3.05) is 5.75 Å². The van der Waals surface area contributed by atoms with E-state index >= 15 is 0 Å². The molecule has 4 nitrogen and oxygen atoms in total. The van der Waals surface area contributed by atoms with Crippen molar-refractivity contribution >= 4 is 11.8 Å². The summed E-state index contributed by atoms with van der Waals surface area (Å²) in [5, 5.41) is 13.4. The molecule has 1 aromatic rings. The van der Waals surface area contributed by atoms with Crippen LogP contribution in [0.4, 0.5) is 0 Å². The number of nitrogens with zero attached hydrogens (tertiary/aromatic N) is 2. The van der Waals surface area contributed by atoms with E-state index in [1.165, 1.54) is 0 Å². The van der Waals surface area contributed by atoms with Crippen LogP contribution in [0.3, 0.4) is 0 Å². The maximum Gasteiger partial charge on any atom is 0.165 e. The highest BCUT2D eigenvalue weighted by atomic mass is 32.2. The van der Waals surface area contributed by atoms with Gasteiger partial charge in [0.1, 0.15) is 5.54 Å². The van der Waals surface area contributed by atoms with E-state index in [0.717, 1.165) is 23.8 Å². The van der Waals surface area contributed by atoms with Crippen LogP contribution in [-0.4, -0.2) is 27.3 Å². The second kappa shape index (κ2) is 6.67. The van der Waals surface area contributed by atoms with Crippen molar-refractivity contribution in [1.82, 2.24) is 15.3 Å². The highest BCUT2D eigenvalue weighted by Gasteiger charge is 2.23. The van der Waals surface area contributed by atoms with Gasteiger partial charge < -0.3 is 4.98 Å². The number of nitrogens with one attached hydrogen (secondary N) is 2. The Kier molecular flexibility index (Phi) is 5.52. The topological polar surface area (TPSA) is 64.5 Å². The largest absolute Gasteiger partial charge is 0.340 e. The molecule has 1 atom stereocenters. The summed E-state index contributed by atoms with van der Waals surface area (Å²) in [4.78, 5) is 7.20. The highest BCUT2D eigenvalue weighted by Crippen LogP contribution is 2.18. The molecule has 0 amide bonds.